The van der Waals surface area contributed by atoms with Gasteiger partial charge in [-0.1, -0.05) is 17.7 Å². The number of benzene rings is 2. The number of hydrogen-bond donors (Lipinski definition) is 2. The lowest BCUT2D eigenvalue weighted by Gasteiger charge is -2.14. The minimum Gasteiger partial charge on any atom is -0.478 e. The predicted molar refractivity (Wildman–Crippen MR) is 108 cm³/mol. The minimum atomic E-state index is -0.961. The van der Waals surface area contributed by atoms with Crippen LogP contribution in [0, 0.1) is 6.92 Å². The second kappa shape index (κ2) is 8.01. The summed E-state index contributed by atoms with van der Waals surface area (Å²) in [4.78, 5) is 20.3. The lowest BCUT2D eigenvalue weighted by Crippen LogP contribution is -2.06. The topological polar surface area (TPSA) is 75.1 Å². The summed E-state index contributed by atoms with van der Waals surface area (Å²) in [6.45, 7) is 5.73. The number of halogens is 1. The Bertz CT molecular complexity index is 984. The normalized spacial score (nSPS) is 10.4. The smallest absolute Gasteiger partial charge is 0.335 e. The van der Waals surface area contributed by atoms with Crippen LogP contribution in [0.5, 0.6) is 0 Å². The monoisotopic (exact) mass is 379 g/mol. The fourth-order valence-electron chi connectivity index (χ4n) is 2.65. The highest BCUT2D eigenvalue weighted by Gasteiger charge is 2.13. The number of carboxylic acid groups (broad SMARTS) is 1. The molecule has 0 aliphatic carbocycles. The van der Waals surface area contributed by atoms with Gasteiger partial charge in [-0.15, -0.1) is 6.58 Å². The molecule has 1 aromatic heterocycles. The largest absolute Gasteiger partial charge is 0.478 e. The van der Waals surface area contributed by atoms with Gasteiger partial charge in [0.25, 0.3) is 0 Å². The number of nitrogens with one attached hydrogen (secondary N) is 1. The fraction of sp³-hybridized carbons (Fsp3) is 0.0952. The van der Waals surface area contributed by atoms with E-state index in [9.17, 15) is 4.79 Å². The van der Waals surface area contributed by atoms with E-state index in [0.717, 1.165) is 22.5 Å². The molecule has 5 nitrogen and oxygen atoms in total. The Balaban J connectivity index is 2.01. The molecule has 27 heavy (non-hydrogen) atoms. The van der Waals surface area contributed by atoms with Gasteiger partial charge in [0.05, 0.1) is 5.56 Å². The number of aryl methyl sites for hydroxylation is 1. The highest BCUT2D eigenvalue weighted by molar-refractivity contribution is 6.30. The molecule has 0 radical (unpaired) electrons. The molecule has 0 aliphatic heterocycles. The van der Waals surface area contributed by atoms with Gasteiger partial charge in [-0.05, 0) is 61.9 Å². The van der Waals surface area contributed by atoms with Crippen molar-refractivity contribution in [1.82, 2.24) is 9.97 Å². The second-order valence-electron chi connectivity index (χ2n) is 5.97. The zero-order chi connectivity index (χ0) is 19.4. The first-order valence-electron chi connectivity index (χ1n) is 8.32. The fourth-order valence-corrected chi connectivity index (χ4v) is 2.78. The molecular weight excluding hydrogens is 362 g/mol. The van der Waals surface area contributed by atoms with E-state index < -0.39 is 5.97 Å². The summed E-state index contributed by atoms with van der Waals surface area (Å²) in [5.41, 5.74) is 3.61. The van der Waals surface area contributed by atoms with Crippen molar-refractivity contribution in [3.63, 3.8) is 0 Å². The molecular formula is C21H18ClN3O2. The van der Waals surface area contributed by atoms with Gasteiger partial charge in [-0.25, -0.2) is 14.8 Å². The number of carbonyl (C=O) groups is 1. The average molecular weight is 380 g/mol. The Morgan fingerprint density at radius 3 is 2.41 bits per heavy atom. The van der Waals surface area contributed by atoms with Crippen LogP contribution in [0.4, 0.5) is 11.5 Å². The number of nitrogens with zero attached hydrogens (tertiary/aromatic N) is 2. The number of carboxylic acids is 1. The molecule has 3 rings (SSSR count). The molecule has 1 heterocycles. The third-order valence-corrected chi connectivity index (χ3v) is 4.31. The molecule has 0 spiro atoms. The van der Waals surface area contributed by atoms with Crippen molar-refractivity contribution in [2.75, 3.05) is 5.32 Å². The summed E-state index contributed by atoms with van der Waals surface area (Å²) in [6, 6.07) is 13.8. The number of anilines is 2. The van der Waals surface area contributed by atoms with Crippen LogP contribution in [0.3, 0.4) is 0 Å². The number of aromatic carboxylic acids is 1. The van der Waals surface area contributed by atoms with E-state index in [4.69, 9.17) is 16.7 Å². The van der Waals surface area contributed by atoms with E-state index in [1.54, 1.807) is 42.5 Å². The van der Waals surface area contributed by atoms with Crippen LogP contribution in [0.1, 0.15) is 21.6 Å². The van der Waals surface area contributed by atoms with Gasteiger partial charge < -0.3 is 10.4 Å². The number of allylic oxidation sites excluding steroid dienone is 1. The standard InChI is InChI=1S/C21H18ClN3O2/c1-3-4-18-13(2)23-19(14-5-9-16(22)10-6-14)25-20(18)24-17-11-7-15(8-12-17)21(26)27/h3,5-12H,1,4H2,2H3,(H,26,27)(H,23,24,25). The van der Waals surface area contributed by atoms with Crippen molar-refractivity contribution in [1.29, 1.82) is 0 Å². The van der Waals surface area contributed by atoms with Gasteiger partial charge in [0.1, 0.15) is 5.82 Å². The first-order chi connectivity index (χ1) is 13.0. The first-order valence-corrected chi connectivity index (χ1v) is 8.70. The molecule has 0 bridgehead atoms. The molecule has 0 saturated heterocycles. The molecule has 2 aromatic carbocycles. The van der Waals surface area contributed by atoms with Crippen LogP contribution in [-0.2, 0) is 6.42 Å². The van der Waals surface area contributed by atoms with E-state index in [-0.39, 0.29) is 5.56 Å². The predicted octanol–water partition coefficient (Wildman–Crippen LogP) is 5.28. The summed E-state index contributed by atoms with van der Waals surface area (Å²) < 4.78 is 0. The van der Waals surface area contributed by atoms with Crippen LogP contribution in [-0.4, -0.2) is 21.0 Å². The Labute approximate surface area is 162 Å². The lowest BCUT2D eigenvalue weighted by atomic mass is 10.1. The summed E-state index contributed by atoms with van der Waals surface area (Å²) in [5.74, 6) is 0.286. The molecule has 0 saturated carbocycles. The van der Waals surface area contributed by atoms with Crippen LogP contribution < -0.4 is 5.32 Å². The maximum atomic E-state index is 11.0. The maximum Gasteiger partial charge on any atom is 0.335 e. The van der Waals surface area contributed by atoms with Crippen LogP contribution in [0.25, 0.3) is 11.4 Å². The van der Waals surface area contributed by atoms with Gasteiger partial charge in [-0.3, -0.25) is 0 Å². The summed E-state index contributed by atoms with van der Waals surface area (Å²) in [5, 5.41) is 13.0. The quantitative estimate of drug-likeness (QED) is 0.570. The third kappa shape index (κ3) is 4.33. The Morgan fingerprint density at radius 1 is 1.15 bits per heavy atom. The molecule has 0 fully saturated rings. The third-order valence-electron chi connectivity index (χ3n) is 4.06. The molecule has 0 aliphatic rings. The summed E-state index contributed by atoms with van der Waals surface area (Å²) in [6.07, 6.45) is 2.41. The SMILES string of the molecule is C=CCc1c(C)nc(-c2ccc(Cl)cc2)nc1Nc1ccc(C(=O)O)cc1. The molecule has 2 N–H and O–H groups in total. The minimum absolute atomic E-state index is 0.229. The van der Waals surface area contributed by atoms with E-state index >= 15 is 0 Å². The molecule has 6 heteroatoms. The van der Waals surface area contributed by atoms with Crippen molar-refractivity contribution in [3.8, 4) is 11.4 Å². The summed E-state index contributed by atoms with van der Waals surface area (Å²) in [7, 11) is 0. The van der Waals surface area contributed by atoms with E-state index in [1.165, 1.54) is 0 Å². The number of aromatic nitrogens is 2. The molecule has 136 valence electrons. The van der Waals surface area contributed by atoms with Crippen molar-refractivity contribution in [3.05, 3.63) is 83.0 Å². The highest BCUT2D eigenvalue weighted by Crippen LogP contribution is 2.26. The number of hydrogen-bond acceptors (Lipinski definition) is 4. The Kier molecular flexibility index (Phi) is 5.52. The van der Waals surface area contributed by atoms with Gasteiger partial charge in [0.2, 0.25) is 0 Å². The Morgan fingerprint density at radius 2 is 1.81 bits per heavy atom. The molecule has 0 atom stereocenters. The first kappa shape index (κ1) is 18.6. The molecule has 0 unspecified atom stereocenters. The van der Waals surface area contributed by atoms with Gasteiger partial charge in [0, 0.05) is 27.5 Å². The van der Waals surface area contributed by atoms with Crippen molar-refractivity contribution in [2.24, 2.45) is 0 Å². The number of rotatable bonds is 6. The molecule has 0 amide bonds. The van der Waals surface area contributed by atoms with Crippen LogP contribution in [0.2, 0.25) is 5.02 Å². The van der Waals surface area contributed by atoms with E-state index in [2.05, 4.69) is 21.9 Å². The average Bonchev–Trinajstić information content (AvgIpc) is 2.65. The van der Waals surface area contributed by atoms with Crippen molar-refractivity contribution >= 4 is 29.1 Å². The second-order valence-corrected chi connectivity index (χ2v) is 6.40. The van der Waals surface area contributed by atoms with E-state index in [1.807, 2.05) is 19.1 Å². The van der Waals surface area contributed by atoms with Gasteiger partial charge in [-0.2, -0.15) is 0 Å². The molecule has 3 aromatic rings. The maximum absolute atomic E-state index is 11.0. The van der Waals surface area contributed by atoms with Crippen molar-refractivity contribution < 1.29 is 9.90 Å². The van der Waals surface area contributed by atoms with Crippen LogP contribution in [0.15, 0.2) is 61.2 Å². The summed E-state index contributed by atoms with van der Waals surface area (Å²) >= 11 is 5.96. The zero-order valence-electron chi connectivity index (χ0n) is 14.7. The highest BCUT2D eigenvalue weighted by atomic mass is 35.5. The Hall–Kier alpha value is -3.18. The van der Waals surface area contributed by atoms with Gasteiger partial charge >= 0.3 is 5.97 Å². The zero-order valence-corrected chi connectivity index (χ0v) is 15.5. The van der Waals surface area contributed by atoms with Gasteiger partial charge in [0.15, 0.2) is 5.82 Å². The lowest BCUT2D eigenvalue weighted by molar-refractivity contribution is 0.0697. The van der Waals surface area contributed by atoms with Crippen molar-refractivity contribution in [2.45, 2.75) is 13.3 Å². The van der Waals surface area contributed by atoms with E-state index in [0.29, 0.717) is 23.1 Å². The van der Waals surface area contributed by atoms with Crippen LogP contribution >= 0.6 is 11.6 Å².